The lowest BCUT2D eigenvalue weighted by atomic mass is 10.1. The number of methoxy groups -OCH3 is 1. The predicted molar refractivity (Wildman–Crippen MR) is 80.1 cm³/mol. The number of carbonyl (C=O) groups is 1. The minimum absolute atomic E-state index is 0.268. The Kier molecular flexibility index (Phi) is 3.78. The van der Waals surface area contributed by atoms with E-state index in [2.05, 4.69) is 20.8 Å². The van der Waals surface area contributed by atoms with E-state index < -0.39 is 0 Å². The average molecular weight is 295 g/mol. The molecule has 7 heteroatoms. The highest BCUT2D eigenvalue weighted by Crippen LogP contribution is 2.24. The van der Waals surface area contributed by atoms with Crippen LogP contribution in [0, 0.1) is 0 Å². The minimum atomic E-state index is -0.268. The normalized spacial score (nSPS) is 10.2. The topological polar surface area (TPSA) is 81.9 Å². The van der Waals surface area contributed by atoms with Gasteiger partial charge in [-0.2, -0.15) is 4.68 Å². The van der Waals surface area contributed by atoms with Crippen molar-refractivity contribution in [2.24, 2.45) is 0 Å². The molecule has 0 aliphatic carbocycles. The molecule has 0 spiro atoms. The molecule has 1 amide bonds. The Morgan fingerprint density at radius 3 is 2.68 bits per heavy atom. The van der Waals surface area contributed by atoms with E-state index in [0.717, 1.165) is 0 Å². The van der Waals surface area contributed by atoms with E-state index in [9.17, 15) is 4.79 Å². The Bertz CT molecular complexity index is 786. The van der Waals surface area contributed by atoms with E-state index in [1.54, 1.807) is 37.4 Å². The van der Waals surface area contributed by atoms with Gasteiger partial charge in [-0.15, -0.1) is 5.10 Å². The standard InChI is InChI=1S/C15H13N5O2/c1-22-14-9-5-3-7-12(14)17-15(21)11-6-2-4-8-13(11)20-10-16-18-19-20/h2-10H,1H3,(H,17,21). The molecule has 0 fully saturated rings. The number of anilines is 1. The number of rotatable bonds is 4. The molecule has 1 aromatic heterocycles. The Balaban J connectivity index is 1.93. The first kappa shape index (κ1) is 13.7. The maximum atomic E-state index is 12.5. The van der Waals surface area contributed by atoms with Crippen molar-refractivity contribution in [1.82, 2.24) is 20.2 Å². The van der Waals surface area contributed by atoms with Crippen molar-refractivity contribution in [3.05, 3.63) is 60.4 Å². The first-order chi connectivity index (χ1) is 10.8. The number of aromatic nitrogens is 4. The van der Waals surface area contributed by atoms with Crippen LogP contribution in [0.5, 0.6) is 5.75 Å². The fourth-order valence-corrected chi connectivity index (χ4v) is 2.07. The molecule has 0 saturated carbocycles. The van der Waals surface area contributed by atoms with Crippen LogP contribution in [0.1, 0.15) is 10.4 Å². The van der Waals surface area contributed by atoms with Gasteiger partial charge >= 0.3 is 0 Å². The van der Waals surface area contributed by atoms with Crippen LogP contribution in [-0.4, -0.2) is 33.2 Å². The maximum Gasteiger partial charge on any atom is 0.257 e. The predicted octanol–water partition coefficient (Wildman–Crippen LogP) is 1.92. The van der Waals surface area contributed by atoms with Gasteiger partial charge in [0, 0.05) is 0 Å². The summed E-state index contributed by atoms with van der Waals surface area (Å²) in [4.78, 5) is 12.5. The second-order valence-electron chi connectivity index (χ2n) is 4.43. The average Bonchev–Trinajstić information content (AvgIpc) is 3.09. The lowest BCUT2D eigenvalue weighted by molar-refractivity contribution is 0.102. The number of hydrogen-bond acceptors (Lipinski definition) is 5. The summed E-state index contributed by atoms with van der Waals surface area (Å²) in [7, 11) is 1.56. The van der Waals surface area contributed by atoms with Crippen LogP contribution >= 0.6 is 0 Å². The van der Waals surface area contributed by atoms with Crippen LogP contribution in [0.4, 0.5) is 5.69 Å². The van der Waals surface area contributed by atoms with Crippen molar-refractivity contribution in [3.8, 4) is 11.4 Å². The smallest absolute Gasteiger partial charge is 0.257 e. The molecular formula is C15H13N5O2. The van der Waals surface area contributed by atoms with E-state index in [4.69, 9.17) is 4.74 Å². The summed E-state index contributed by atoms with van der Waals surface area (Å²) in [5, 5.41) is 13.8. The Morgan fingerprint density at radius 2 is 1.91 bits per heavy atom. The van der Waals surface area contributed by atoms with E-state index in [-0.39, 0.29) is 5.91 Å². The summed E-state index contributed by atoms with van der Waals surface area (Å²) < 4.78 is 6.67. The van der Waals surface area contributed by atoms with E-state index in [1.807, 2.05) is 18.2 Å². The first-order valence-electron chi connectivity index (χ1n) is 6.56. The van der Waals surface area contributed by atoms with Crippen molar-refractivity contribution in [3.63, 3.8) is 0 Å². The largest absolute Gasteiger partial charge is 0.495 e. The van der Waals surface area contributed by atoms with Crippen molar-refractivity contribution < 1.29 is 9.53 Å². The van der Waals surface area contributed by atoms with Gasteiger partial charge in [0.05, 0.1) is 24.0 Å². The van der Waals surface area contributed by atoms with E-state index >= 15 is 0 Å². The second-order valence-corrected chi connectivity index (χ2v) is 4.43. The van der Waals surface area contributed by atoms with Crippen molar-refractivity contribution in [1.29, 1.82) is 0 Å². The summed E-state index contributed by atoms with van der Waals surface area (Å²) in [5.41, 5.74) is 1.65. The lowest BCUT2D eigenvalue weighted by Crippen LogP contribution is -2.15. The molecule has 0 aliphatic rings. The maximum absolute atomic E-state index is 12.5. The number of tetrazole rings is 1. The fourth-order valence-electron chi connectivity index (χ4n) is 2.07. The quantitative estimate of drug-likeness (QED) is 0.795. The molecule has 1 heterocycles. The lowest BCUT2D eigenvalue weighted by Gasteiger charge is -2.11. The zero-order valence-corrected chi connectivity index (χ0v) is 11.8. The second kappa shape index (κ2) is 6.04. The molecule has 0 radical (unpaired) electrons. The molecule has 3 rings (SSSR count). The van der Waals surface area contributed by atoms with Crippen molar-refractivity contribution in [2.75, 3.05) is 12.4 Å². The molecule has 2 aromatic carbocycles. The number of ether oxygens (including phenoxy) is 1. The van der Waals surface area contributed by atoms with Crippen molar-refractivity contribution in [2.45, 2.75) is 0 Å². The molecule has 0 saturated heterocycles. The third kappa shape index (κ3) is 2.64. The van der Waals surface area contributed by atoms with Crippen LogP contribution in [-0.2, 0) is 0 Å². The fraction of sp³-hybridized carbons (Fsp3) is 0.0667. The number of benzene rings is 2. The van der Waals surface area contributed by atoms with E-state index in [0.29, 0.717) is 22.7 Å². The van der Waals surface area contributed by atoms with Gasteiger partial charge in [0.1, 0.15) is 12.1 Å². The van der Waals surface area contributed by atoms with Gasteiger partial charge in [0.25, 0.3) is 5.91 Å². The first-order valence-corrected chi connectivity index (χ1v) is 6.56. The third-order valence-corrected chi connectivity index (χ3v) is 3.10. The molecule has 22 heavy (non-hydrogen) atoms. The number of amides is 1. The highest BCUT2D eigenvalue weighted by Gasteiger charge is 2.14. The monoisotopic (exact) mass is 295 g/mol. The molecule has 1 N–H and O–H groups in total. The van der Waals surface area contributed by atoms with Crippen LogP contribution in [0.2, 0.25) is 0 Å². The summed E-state index contributed by atoms with van der Waals surface area (Å²) in [6.45, 7) is 0. The van der Waals surface area contributed by atoms with Gasteiger partial charge in [-0.05, 0) is 34.7 Å². The van der Waals surface area contributed by atoms with Crippen LogP contribution in [0.15, 0.2) is 54.9 Å². The number of nitrogens with zero attached hydrogens (tertiary/aromatic N) is 4. The molecule has 110 valence electrons. The molecule has 0 bridgehead atoms. The molecule has 7 nitrogen and oxygen atoms in total. The Labute approximate surface area is 126 Å². The van der Waals surface area contributed by atoms with Crippen molar-refractivity contribution >= 4 is 11.6 Å². The van der Waals surface area contributed by atoms with Gasteiger partial charge in [-0.3, -0.25) is 4.79 Å². The molecule has 0 aliphatic heterocycles. The van der Waals surface area contributed by atoms with Gasteiger partial charge in [-0.25, -0.2) is 0 Å². The van der Waals surface area contributed by atoms with Gasteiger partial charge in [0.15, 0.2) is 0 Å². The van der Waals surface area contributed by atoms with Gasteiger partial charge < -0.3 is 10.1 Å². The van der Waals surface area contributed by atoms with E-state index in [1.165, 1.54) is 11.0 Å². The van der Waals surface area contributed by atoms with Crippen LogP contribution in [0.25, 0.3) is 5.69 Å². The molecule has 0 unspecified atom stereocenters. The molecular weight excluding hydrogens is 282 g/mol. The highest BCUT2D eigenvalue weighted by molar-refractivity contribution is 6.07. The SMILES string of the molecule is COc1ccccc1NC(=O)c1ccccc1-n1cnnn1. The zero-order chi connectivity index (χ0) is 15.4. The number of hydrogen-bond donors (Lipinski definition) is 1. The molecule has 0 atom stereocenters. The summed E-state index contributed by atoms with van der Waals surface area (Å²) in [6, 6.07) is 14.3. The van der Waals surface area contributed by atoms with Gasteiger partial charge in [-0.1, -0.05) is 24.3 Å². The minimum Gasteiger partial charge on any atom is -0.495 e. The number of nitrogens with one attached hydrogen (secondary N) is 1. The molecule has 3 aromatic rings. The Hall–Kier alpha value is -3.22. The number of carbonyl (C=O) groups excluding carboxylic acids is 1. The van der Waals surface area contributed by atoms with Gasteiger partial charge in [0.2, 0.25) is 0 Å². The zero-order valence-electron chi connectivity index (χ0n) is 11.8. The summed E-state index contributed by atoms with van der Waals surface area (Å²) in [6.07, 6.45) is 1.44. The summed E-state index contributed by atoms with van der Waals surface area (Å²) in [5.74, 6) is 0.325. The highest BCUT2D eigenvalue weighted by atomic mass is 16.5. The van der Waals surface area contributed by atoms with Crippen LogP contribution in [0.3, 0.4) is 0 Å². The third-order valence-electron chi connectivity index (χ3n) is 3.10. The van der Waals surface area contributed by atoms with Crippen LogP contribution < -0.4 is 10.1 Å². The summed E-state index contributed by atoms with van der Waals surface area (Å²) >= 11 is 0. The Morgan fingerprint density at radius 1 is 1.14 bits per heavy atom. The number of para-hydroxylation sites is 3.